The van der Waals surface area contributed by atoms with Crippen molar-refractivity contribution in [3.05, 3.63) is 68.0 Å². The van der Waals surface area contributed by atoms with E-state index in [1.165, 1.54) is 47.9 Å². The fourth-order valence-electron chi connectivity index (χ4n) is 3.52. The number of fused-ring (bicyclic) bond motifs is 1. The Kier molecular flexibility index (Phi) is 4.53. The molecule has 0 unspecified atom stereocenters. The summed E-state index contributed by atoms with van der Waals surface area (Å²) >= 11 is 7.89. The average Bonchev–Trinajstić information content (AvgIpc) is 3.08. The number of benzene rings is 2. The predicted octanol–water partition coefficient (Wildman–Crippen LogP) is 5.82. The Balaban J connectivity index is 1.59. The van der Waals surface area contributed by atoms with Crippen molar-refractivity contribution in [1.82, 2.24) is 4.98 Å². The first-order valence-electron chi connectivity index (χ1n) is 8.71. The summed E-state index contributed by atoms with van der Waals surface area (Å²) < 4.78 is 0. The number of thiazole rings is 1. The fraction of sp³-hybridized carbons (Fsp3) is 0.286. The van der Waals surface area contributed by atoms with Crippen LogP contribution in [-0.2, 0) is 19.3 Å². The van der Waals surface area contributed by atoms with Crippen molar-refractivity contribution in [2.24, 2.45) is 0 Å². The molecule has 3 aromatic rings. The molecule has 0 spiro atoms. The molecule has 2 N–H and O–H groups in total. The van der Waals surface area contributed by atoms with Crippen molar-refractivity contribution < 1.29 is 0 Å². The summed E-state index contributed by atoms with van der Waals surface area (Å²) in [6.07, 6.45) is 5.83. The Morgan fingerprint density at radius 3 is 2.76 bits per heavy atom. The summed E-state index contributed by atoms with van der Waals surface area (Å²) in [4.78, 5) is 4.86. The van der Waals surface area contributed by atoms with E-state index in [0.717, 1.165) is 22.7 Å². The van der Waals surface area contributed by atoms with E-state index in [4.69, 9.17) is 22.3 Å². The number of rotatable bonds is 3. The van der Waals surface area contributed by atoms with Crippen LogP contribution in [0.25, 0.3) is 11.3 Å². The van der Waals surface area contributed by atoms with Crippen molar-refractivity contribution in [2.45, 2.75) is 39.0 Å². The first kappa shape index (κ1) is 16.6. The Bertz CT molecular complexity index is 930. The van der Waals surface area contributed by atoms with E-state index < -0.39 is 0 Å². The van der Waals surface area contributed by atoms with Crippen LogP contribution in [0.3, 0.4) is 0 Å². The van der Waals surface area contributed by atoms with Crippen molar-refractivity contribution in [2.75, 3.05) is 5.73 Å². The van der Waals surface area contributed by atoms with Crippen LogP contribution >= 0.6 is 22.9 Å². The van der Waals surface area contributed by atoms with Gasteiger partial charge in [-0.2, -0.15) is 0 Å². The summed E-state index contributed by atoms with van der Waals surface area (Å²) in [5.41, 5.74) is 14.2. The number of aromatic nitrogens is 1. The maximum atomic E-state index is 6.18. The summed E-state index contributed by atoms with van der Waals surface area (Å²) in [5.74, 6) is 0. The van der Waals surface area contributed by atoms with Crippen LogP contribution in [0.2, 0.25) is 5.02 Å². The van der Waals surface area contributed by atoms with E-state index in [1.54, 1.807) is 11.3 Å². The van der Waals surface area contributed by atoms with Gasteiger partial charge in [0.25, 0.3) is 0 Å². The summed E-state index contributed by atoms with van der Waals surface area (Å²) in [5, 5.41) is 3.89. The largest absolute Gasteiger partial charge is 0.398 e. The molecular formula is C21H21ClN2S. The topological polar surface area (TPSA) is 38.9 Å². The minimum atomic E-state index is 0.618. The van der Waals surface area contributed by atoms with Gasteiger partial charge in [-0.25, -0.2) is 4.98 Å². The molecule has 1 heterocycles. The van der Waals surface area contributed by atoms with Crippen LogP contribution in [0, 0.1) is 6.92 Å². The van der Waals surface area contributed by atoms with Crippen LogP contribution in [0.5, 0.6) is 0 Å². The van der Waals surface area contributed by atoms with Crippen molar-refractivity contribution >= 4 is 28.6 Å². The van der Waals surface area contributed by atoms with Gasteiger partial charge >= 0.3 is 0 Å². The molecule has 25 heavy (non-hydrogen) atoms. The summed E-state index contributed by atoms with van der Waals surface area (Å²) in [7, 11) is 0. The molecule has 2 nitrogen and oxygen atoms in total. The molecule has 0 saturated heterocycles. The van der Waals surface area contributed by atoms with Gasteiger partial charge in [0, 0.05) is 17.4 Å². The zero-order valence-corrected chi connectivity index (χ0v) is 15.9. The van der Waals surface area contributed by atoms with E-state index in [0.29, 0.717) is 10.7 Å². The van der Waals surface area contributed by atoms with Gasteiger partial charge < -0.3 is 5.73 Å². The minimum Gasteiger partial charge on any atom is -0.398 e. The van der Waals surface area contributed by atoms with Gasteiger partial charge in [0.2, 0.25) is 0 Å². The number of anilines is 1. The summed E-state index contributed by atoms with van der Waals surface area (Å²) in [6, 6.07) is 10.7. The number of hydrogen-bond acceptors (Lipinski definition) is 3. The number of nitrogens with two attached hydrogens (primary N) is 1. The van der Waals surface area contributed by atoms with Gasteiger partial charge in [-0.1, -0.05) is 23.7 Å². The predicted molar refractivity (Wildman–Crippen MR) is 108 cm³/mol. The van der Waals surface area contributed by atoms with Crippen LogP contribution in [-0.4, -0.2) is 4.98 Å². The highest BCUT2D eigenvalue weighted by atomic mass is 35.5. The lowest BCUT2D eigenvalue weighted by Gasteiger charge is -2.16. The van der Waals surface area contributed by atoms with Gasteiger partial charge in [0.05, 0.1) is 21.4 Å². The smallest absolute Gasteiger partial charge is 0.0976 e. The summed E-state index contributed by atoms with van der Waals surface area (Å²) in [6.45, 7) is 2.07. The molecule has 0 radical (unpaired) electrons. The van der Waals surface area contributed by atoms with Crippen LogP contribution in [0.1, 0.15) is 40.1 Å². The van der Waals surface area contributed by atoms with E-state index in [1.807, 2.05) is 12.1 Å². The van der Waals surface area contributed by atoms with E-state index in [2.05, 4.69) is 30.5 Å². The van der Waals surface area contributed by atoms with Gasteiger partial charge in [0.15, 0.2) is 0 Å². The molecule has 1 aliphatic carbocycles. The van der Waals surface area contributed by atoms with Crippen molar-refractivity contribution in [3.63, 3.8) is 0 Å². The molecule has 4 rings (SSSR count). The Hall–Kier alpha value is -1.84. The van der Waals surface area contributed by atoms with Crippen LogP contribution in [0.15, 0.2) is 35.7 Å². The van der Waals surface area contributed by atoms with Crippen LogP contribution in [0.4, 0.5) is 5.69 Å². The lowest BCUT2D eigenvalue weighted by atomic mass is 9.90. The van der Waals surface area contributed by atoms with Gasteiger partial charge in [0.1, 0.15) is 0 Å². The lowest BCUT2D eigenvalue weighted by Crippen LogP contribution is -2.02. The molecule has 0 saturated carbocycles. The van der Waals surface area contributed by atoms with Gasteiger partial charge in [-0.15, -0.1) is 11.3 Å². The molecule has 0 aliphatic heterocycles. The first-order chi connectivity index (χ1) is 12.1. The van der Waals surface area contributed by atoms with Crippen LogP contribution < -0.4 is 5.73 Å². The van der Waals surface area contributed by atoms with E-state index >= 15 is 0 Å². The Labute approximate surface area is 157 Å². The number of aryl methyl sites for hydroxylation is 3. The maximum absolute atomic E-state index is 6.18. The molecule has 0 atom stereocenters. The Morgan fingerprint density at radius 1 is 1.12 bits per heavy atom. The number of hydrogen-bond donors (Lipinski definition) is 1. The highest BCUT2D eigenvalue weighted by molar-refractivity contribution is 7.10. The molecule has 1 aliphatic rings. The third-order valence-corrected chi connectivity index (χ3v) is 6.17. The third kappa shape index (κ3) is 3.44. The third-order valence-electron chi connectivity index (χ3n) is 4.99. The van der Waals surface area contributed by atoms with E-state index in [9.17, 15) is 0 Å². The average molecular weight is 369 g/mol. The second kappa shape index (κ2) is 6.81. The SMILES string of the molecule is Cc1cc(N)c(Cl)cc1Cc1nc(-c2ccc3c(c2)CCCC3)cs1. The number of halogens is 1. The standard InChI is InChI=1S/C21H21ClN2S/c1-13-8-19(23)18(22)10-17(13)11-21-24-20(12-25-21)16-7-6-14-4-2-3-5-15(14)9-16/h6-10,12H,2-5,11,23H2,1H3. The van der Waals surface area contributed by atoms with Crippen molar-refractivity contribution in [1.29, 1.82) is 0 Å². The second-order valence-electron chi connectivity index (χ2n) is 6.79. The van der Waals surface area contributed by atoms with Gasteiger partial charge in [-0.3, -0.25) is 0 Å². The number of nitrogens with zero attached hydrogens (tertiary/aromatic N) is 1. The van der Waals surface area contributed by atoms with E-state index in [-0.39, 0.29) is 0 Å². The second-order valence-corrected chi connectivity index (χ2v) is 8.14. The zero-order chi connectivity index (χ0) is 17.4. The molecule has 0 bridgehead atoms. The van der Waals surface area contributed by atoms with Crippen molar-refractivity contribution in [3.8, 4) is 11.3 Å². The fourth-order valence-corrected chi connectivity index (χ4v) is 4.53. The number of nitrogen functional groups attached to an aromatic ring is 1. The molecule has 0 fully saturated rings. The lowest BCUT2D eigenvalue weighted by molar-refractivity contribution is 0.686. The molecular weight excluding hydrogens is 348 g/mol. The monoisotopic (exact) mass is 368 g/mol. The maximum Gasteiger partial charge on any atom is 0.0976 e. The highest BCUT2D eigenvalue weighted by Crippen LogP contribution is 2.30. The quantitative estimate of drug-likeness (QED) is 0.591. The zero-order valence-electron chi connectivity index (χ0n) is 14.3. The van der Waals surface area contributed by atoms with Gasteiger partial charge in [-0.05, 0) is 73.1 Å². The Morgan fingerprint density at radius 2 is 1.92 bits per heavy atom. The first-order valence-corrected chi connectivity index (χ1v) is 9.97. The minimum absolute atomic E-state index is 0.618. The molecule has 4 heteroatoms. The highest BCUT2D eigenvalue weighted by Gasteiger charge is 2.13. The molecule has 0 amide bonds. The normalized spacial score (nSPS) is 13.7. The molecule has 1 aromatic heterocycles. The molecule has 128 valence electrons. The molecule has 2 aromatic carbocycles.